The smallest absolute Gasteiger partial charge is 0.269 e. The van der Waals surface area contributed by atoms with Crippen molar-refractivity contribution < 1.29 is 23.9 Å². The van der Waals surface area contributed by atoms with Gasteiger partial charge in [-0.1, -0.05) is 17.7 Å². The second-order valence-corrected chi connectivity index (χ2v) is 7.04. The van der Waals surface area contributed by atoms with Crippen molar-refractivity contribution in [1.82, 2.24) is 16.2 Å². The SMILES string of the molecule is COc1cc(C(=O)NNC(=O)[C@H](C)NC(=O)c2cccc(C)c2)ccc1OC(C)C. The number of methoxy groups -OCH3 is 1. The van der Waals surface area contributed by atoms with Crippen LogP contribution in [0, 0.1) is 6.92 Å². The molecule has 0 spiro atoms. The standard InChI is InChI=1S/C22H27N3O5/c1-13(2)30-18-10-9-17(12-19(18)29-5)22(28)25-24-20(26)15(4)23-21(27)16-8-6-7-14(3)11-16/h6-13,15H,1-5H3,(H,23,27)(H,24,26)(H,25,28)/t15-/m0/s1. The molecular weight excluding hydrogens is 386 g/mol. The molecule has 0 unspecified atom stereocenters. The van der Waals surface area contributed by atoms with Crippen LogP contribution in [0.1, 0.15) is 47.1 Å². The summed E-state index contributed by atoms with van der Waals surface area (Å²) in [6, 6.07) is 10.9. The van der Waals surface area contributed by atoms with Crippen LogP contribution in [-0.4, -0.2) is 37.0 Å². The molecule has 0 radical (unpaired) electrons. The van der Waals surface area contributed by atoms with Crippen molar-refractivity contribution in [2.75, 3.05) is 7.11 Å². The highest BCUT2D eigenvalue weighted by Gasteiger charge is 2.18. The number of hydrogen-bond acceptors (Lipinski definition) is 5. The van der Waals surface area contributed by atoms with E-state index in [9.17, 15) is 14.4 Å². The largest absolute Gasteiger partial charge is 0.493 e. The summed E-state index contributed by atoms with van der Waals surface area (Å²) >= 11 is 0. The molecule has 8 nitrogen and oxygen atoms in total. The quantitative estimate of drug-likeness (QED) is 0.605. The average molecular weight is 413 g/mol. The molecule has 0 aliphatic carbocycles. The Morgan fingerprint density at radius 3 is 2.20 bits per heavy atom. The molecule has 0 fully saturated rings. The Hall–Kier alpha value is -3.55. The molecule has 160 valence electrons. The molecule has 3 N–H and O–H groups in total. The number of rotatable bonds is 7. The summed E-state index contributed by atoms with van der Waals surface area (Å²) in [5.41, 5.74) is 6.30. The van der Waals surface area contributed by atoms with Gasteiger partial charge in [0.25, 0.3) is 17.7 Å². The van der Waals surface area contributed by atoms with Crippen LogP contribution in [0.15, 0.2) is 42.5 Å². The number of ether oxygens (including phenoxy) is 2. The number of aryl methyl sites for hydroxylation is 1. The molecule has 0 aromatic heterocycles. The fourth-order valence-corrected chi connectivity index (χ4v) is 2.59. The molecule has 0 aliphatic rings. The molecule has 8 heteroatoms. The predicted molar refractivity (Wildman–Crippen MR) is 112 cm³/mol. The third-order valence-electron chi connectivity index (χ3n) is 4.11. The minimum absolute atomic E-state index is 0.0469. The van der Waals surface area contributed by atoms with Gasteiger partial charge in [-0.15, -0.1) is 0 Å². The predicted octanol–water partition coefficient (Wildman–Crippen LogP) is 2.37. The molecule has 30 heavy (non-hydrogen) atoms. The molecule has 1 atom stereocenters. The van der Waals surface area contributed by atoms with Crippen molar-refractivity contribution >= 4 is 17.7 Å². The van der Waals surface area contributed by atoms with Gasteiger partial charge in [0.15, 0.2) is 11.5 Å². The number of nitrogens with one attached hydrogen (secondary N) is 3. The maximum atomic E-state index is 12.3. The lowest BCUT2D eigenvalue weighted by Gasteiger charge is -2.16. The monoisotopic (exact) mass is 413 g/mol. The summed E-state index contributed by atoms with van der Waals surface area (Å²) < 4.78 is 10.9. The molecule has 0 saturated heterocycles. The Kier molecular flexibility index (Phi) is 7.80. The van der Waals surface area contributed by atoms with Crippen LogP contribution in [0.5, 0.6) is 11.5 Å². The van der Waals surface area contributed by atoms with Gasteiger partial charge in [-0.2, -0.15) is 0 Å². The summed E-state index contributed by atoms with van der Waals surface area (Å²) in [7, 11) is 1.48. The first-order valence-corrected chi connectivity index (χ1v) is 9.53. The Morgan fingerprint density at radius 2 is 1.57 bits per heavy atom. The van der Waals surface area contributed by atoms with Gasteiger partial charge in [0, 0.05) is 11.1 Å². The molecule has 3 amide bonds. The summed E-state index contributed by atoms with van der Waals surface area (Å²) in [6.45, 7) is 7.16. The molecule has 0 saturated carbocycles. The van der Waals surface area contributed by atoms with Crippen LogP contribution in [-0.2, 0) is 4.79 Å². The third-order valence-corrected chi connectivity index (χ3v) is 4.11. The Morgan fingerprint density at radius 1 is 0.867 bits per heavy atom. The van der Waals surface area contributed by atoms with Gasteiger partial charge in [-0.25, -0.2) is 0 Å². The van der Waals surface area contributed by atoms with Crippen molar-refractivity contribution in [3.05, 3.63) is 59.2 Å². The maximum Gasteiger partial charge on any atom is 0.269 e. The van der Waals surface area contributed by atoms with E-state index in [-0.39, 0.29) is 17.6 Å². The van der Waals surface area contributed by atoms with E-state index in [2.05, 4.69) is 16.2 Å². The lowest BCUT2D eigenvalue weighted by atomic mass is 10.1. The summed E-state index contributed by atoms with van der Waals surface area (Å²) in [5, 5.41) is 2.59. The number of benzene rings is 2. The number of carbonyl (C=O) groups is 3. The zero-order valence-corrected chi connectivity index (χ0v) is 17.7. The first-order chi connectivity index (χ1) is 14.2. The van der Waals surface area contributed by atoms with E-state index in [4.69, 9.17) is 9.47 Å². The Balaban J connectivity index is 1.93. The highest BCUT2D eigenvalue weighted by Crippen LogP contribution is 2.28. The molecule has 0 bridgehead atoms. The van der Waals surface area contributed by atoms with Crippen molar-refractivity contribution in [3.8, 4) is 11.5 Å². The highest BCUT2D eigenvalue weighted by atomic mass is 16.5. The van der Waals surface area contributed by atoms with Crippen molar-refractivity contribution in [2.24, 2.45) is 0 Å². The number of amides is 3. The number of hydrogen-bond donors (Lipinski definition) is 3. The zero-order chi connectivity index (χ0) is 22.3. The van der Waals surface area contributed by atoms with Crippen LogP contribution in [0.4, 0.5) is 0 Å². The van der Waals surface area contributed by atoms with E-state index < -0.39 is 17.9 Å². The van der Waals surface area contributed by atoms with Crippen LogP contribution >= 0.6 is 0 Å². The molecule has 0 heterocycles. The number of carbonyl (C=O) groups excluding carboxylic acids is 3. The Bertz CT molecular complexity index is 927. The van der Waals surface area contributed by atoms with E-state index in [0.29, 0.717) is 17.1 Å². The summed E-state index contributed by atoms with van der Waals surface area (Å²) in [6.07, 6.45) is -0.0469. The third kappa shape index (κ3) is 6.23. The van der Waals surface area contributed by atoms with Gasteiger partial charge >= 0.3 is 0 Å². The van der Waals surface area contributed by atoms with E-state index in [1.807, 2.05) is 26.8 Å². The first-order valence-electron chi connectivity index (χ1n) is 9.53. The normalized spacial score (nSPS) is 11.4. The zero-order valence-electron chi connectivity index (χ0n) is 17.7. The molecule has 2 rings (SSSR count). The maximum absolute atomic E-state index is 12.3. The van der Waals surface area contributed by atoms with Crippen LogP contribution < -0.4 is 25.6 Å². The fraction of sp³-hybridized carbons (Fsp3) is 0.318. The van der Waals surface area contributed by atoms with Gasteiger partial charge in [-0.05, 0) is 58.0 Å². The highest BCUT2D eigenvalue weighted by molar-refractivity contribution is 5.99. The van der Waals surface area contributed by atoms with Gasteiger partial charge in [0.2, 0.25) is 0 Å². The van der Waals surface area contributed by atoms with Crippen LogP contribution in [0.3, 0.4) is 0 Å². The van der Waals surface area contributed by atoms with Crippen LogP contribution in [0.25, 0.3) is 0 Å². The van der Waals surface area contributed by atoms with Crippen molar-refractivity contribution in [3.63, 3.8) is 0 Å². The van der Waals surface area contributed by atoms with E-state index >= 15 is 0 Å². The summed E-state index contributed by atoms with van der Waals surface area (Å²) in [5.74, 6) is -0.550. The first kappa shape index (κ1) is 22.7. The number of hydrazine groups is 1. The molecule has 2 aromatic rings. The topological polar surface area (TPSA) is 106 Å². The lowest BCUT2D eigenvalue weighted by Crippen LogP contribution is -2.51. The lowest BCUT2D eigenvalue weighted by molar-refractivity contribution is -0.123. The van der Waals surface area contributed by atoms with E-state index in [1.54, 1.807) is 30.3 Å². The fourth-order valence-electron chi connectivity index (χ4n) is 2.59. The Labute approximate surface area is 175 Å². The van der Waals surface area contributed by atoms with Gasteiger partial charge in [0.1, 0.15) is 6.04 Å². The molecular formula is C22H27N3O5. The average Bonchev–Trinajstić information content (AvgIpc) is 2.71. The second kappa shape index (κ2) is 10.3. The van der Waals surface area contributed by atoms with Crippen molar-refractivity contribution in [1.29, 1.82) is 0 Å². The van der Waals surface area contributed by atoms with E-state index in [0.717, 1.165) is 5.56 Å². The van der Waals surface area contributed by atoms with Gasteiger partial charge in [0.05, 0.1) is 13.2 Å². The van der Waals surface area contributed by atoms with E-state index in [1.165, 1.54) is 20.1 Å². The van der Waals surface area contributed by atoms with Crippen molar-refractivity contribution in [2.45, 2.75) is 39.8 Å². The van der Waals surface area contributed by atoms with Gasteiger partial charge in [-0.3, -0.25) is 25.2 Å². The minimum Gasteiger partial charge on any atom is -0.493 e. The van der Waals surface area contributed by atoms with Gasteiger partial charge < -0.3 is 14.8 Å². The summed E-state index contributed by atoms with van der Waals surface area (Å²) in [4.78, 5) is 36.8. The molecule has 0 aliphatic heterocycles. The second-order valence-electron chi connectivity index (χ2n) is 7.04. The minimum atomic E-state index is -0.852. The van der Waals surface area contributed by atoms with Crippen LogP contribution in [0.2, 0.25) is 0 Å². The molecule has 2 aromatic carbocycles.